The SMILES string of the molecule is CN(C)Cc1ccc(C2CCCCN2C(=O)Cc2[nH]nc3ccccc23)cc1. The summed E-state index contributed by atoms with van der Waals surface area (Å²) < 4.78 is 0. The molecule has 1 saturated heterocycles. The molecule has 146 valence electrons. The Bertz CT molecular complexity index is 945. The number of piperidine rings is 1. The summed E-state index contributed by atoms with van der Waals surface area (Å²) in [5.41, 5.74) is 4.36. The number of nitrogens with zero attached hydrogens (tertiary/aromatic N) is 3. The first-order chi connectivity index (χ1) is 13.6. The van der Waals surface area contributed by atoms with E-state index in [4.69, 9.17) is 0 Å². The zero-order valence-corrected chi connectivity index (χ0v) is 16.7. The van der Waals surface area contributed by atoms with Crippen LogP contribution in [0.25, 0.3) is 10.9 Å². The highest BCUT2D eigenvalue weighted by molar-refractivity contribution is 5.87. The maximum Gasteiger partial charge on any atom is 0.229 e. The highest BCUT2D eigenvalue weighted by Crippen LogP contribution is 2.32. The van der Waals surface area contributed by atoms with Gasteiger partial charge in [-0.3, -0.25) is 9.89 Å². The Balaban J connectivity index is 1.52. The number of H-pyrrole nitrogens is 1. The van der Waals surface area contributed by atoms with Crippen molar-refractivity contribution in [2.24, 2.45) is 0 Å². The van der Waals surface area contributed by atoms with E-state index in [-0.39, 0.29) is 11.9 Å². The summed E-state index contributed by atoms with van der Waals surface area (Å²) in [6.45, 7) is 1.76. The largest absolute Gasteiger partial charge is 0.335 e. The molecule has 1 unspecified atom stereocenters. The topological polar surface area (TPSA) is 52.2 Å². The van der Waals surface area contributed by atoms with E-state index in [9.17, 15) is 4.79 Å². The van der Waals surface area contributed by atoms with Crippen molar-refractivity contribution in [3.8, 4) is 0 Å². The molecule has 2 aromatic carbocycles. The van der Waals surface area contributed by atoms with E-state index in [1.165, 1.54) is 17.5 Å². The number of fused-ring (bicyclic) bond motifs is 1. The molecule has 3 aromatic rings. The minimum Gasteiger partial charge on any atom is -0.335 e. The average molecular weight is 377 g/mol. The highest BCUT2D eigenvalue weighted by Gasteiger charge is 2.28. The summed E-state index contributed by atoms with van der Waals surface area (Å²) in [6, 6.07) is 16.9. The number of hydrogen-bond acceptors (Lipinski definition) is 3. The van der Waals surface area contributed by atoms with Gasteiger partial charge in [-0.25, -0.2) is 0 Å². The molecule has 0 aliphatic carbocycles. The van der Waals surface area contributed by atoms with Gasteiger partial charge in [0.2, 0.25) is 5.91 Å². The first-order valence-electron chi connectivity index (χ1n) is 10.1. The lowest BCUT2D eigenvalue weighted by molar-refractivity contribution is -0.134. The molecule has 1 fully saturated rings. The van der Waals surface area contributed by atoms with Crippen LogP contribution in [0.3, 0.4) is 0 Å². The third-order valence-corrected chi connectivity index (χ3v) is 5.55. The van der Waals surface area contributed by atoms with Crippen molar-refractivity contribution >= 4 is 16.8 Å². The Hall–Kier alpha value is -2.66. The fourth-order valence-electron chi connectivity index (χ4n) is 4.19. The third-order valence-electron chi connectivity index (χ3n) is 5.55. The summed E-state index contributed by atoms with van der Waals surface area (Å²) in [4.78, 5) is 17.4. The second-order valence-corrected chi connectivity index (χ2v) is 7.97. The summed E-state index contributed by atoms with van der Waals surface area (Å²) in [5, 5.41) is 8.43. The first kappa shape index (κ1) is 18.7. The molecule has 5 heteroatoms. The second kappa shape index (κ2) is 8.15. The standard InChI is InChI=1S/C23H28N4O/c1-26(2)16-17-10-12-18(13-11-17)22-9-5-6-14-27(22)23(28)15-21-19-7-3-4-8-20(19)24-25-21/h3-4,7-8,10-13,22H,5-6,9,14-16H2,1-2H3,(H,24,25). The number of hydrogen-bond donors (Lipinski definition) is 1. The molecule has 5 nitrogen and oxygen atoms in total. The maximum atomic E-state index is 13.2. The van der Waals surface area contributed by atoms with E-state index in [1.54, 1.807) is 0 Å². The number of rotatable bonds is 5. The van der Waals surface area contributed by atoms with E-state index in [0.29, 0.717) is 6.42 Å². The van der Waals surface area contributed by atoms with Crippen LogP contribution in [-0.2, 0) is 17.8 Å². The van der Waals surface area contributed by atoms with E-state index < -0.39 is 0 Å². The molecule has 1 aliphatic rings. The number of likely N-dealkylation sites (tertiary alicyclic amines) is 1. The summed E-state index contributed by atoms with van der Waals surface area (Å²) in [7, 11) is 4.16. The minimum absolute atomic E-state index is 0.170. The van der Waals surface area contributed by atoms with Crippen LogP contribution >= 0.6 is 0 Å². The molecule has 1 aliphatic heterocycles. The van der Waals surface area contributed by atoms with Crippen molar-refractivity contribution in [1.82, 2.24) is 20.0 Å². The van der Waals surface area contributed by atoms with Crippen LogP contribution in [0, 0.1) is 0 Å². The molecule has 0 bridgehead atoms. The van der Waals surface area contributed by atoms with Gasteiger partial charge < -0.3 is 9.80 Å². The molecule has 0 radical (unpaired) electrons. The Labute approximate surface area is 166 Å². The van der Waals surface area contributed by atoms with Crippen molar-refractivity contribution in [2.75, 3.05) is 20.6 Å². The molecule has 0 spiro atoms. The number of para-hydroxylation sites is 1. The number of carbonyl (C=O) groups excluding carboxylic acids is 1. The van der Waals surface area contributed by atoms with Gasteiger partial charge in [-0.05, 0) is 50.6 Å². The Morgan fingerprint density at radius 2 is 1.93 bits per heavy atom. The molecular weight excluding hydrogens is 348 g/mol. The van der Waals surface area contributed by atoms with Gasteiger partial charge in [-0.15, -0.1) is 0 Å². The second-order valence-electron chi connectivity index (χ2n) is 7.97. The van der Waals surface area contributed by atoms with Crippen LogP contribution in [0.2, 0.25) is 0 Å². The lowest BCUT2D eigenvalue weighted by Crippen LogP contribution is -2.39. The molecule has 2 heterocycles. The first-order valence-corrected chi connectivity index (χ1v) is 10.1. The molecule has 1 amide bonds. The molecular formula is C23H28N4O. The van der Waals surface area contributed by atoms with Gasteiger partial charge in [0.05, 0.1) is 23.7 Å². The number of aromatic amines is 1. The number of amides is 1. The van der Waals surface area contributed by atoms with Gasteiger partial charge in [-0.1, -0.05) is 42.5 Å². The lowest BCUT2D eigenvalue weighted by Gasteiger charge is -2.36. The van der Waals surface area contributed by atoms with Gasteiger partial charge in [0.1, 0.15) is 0 Å². The number of aromatic nitrogens is 2. The van der Waals surface area contributed by atoms with Crippen LogP contribution in [0.4, 0.5) is 0 Å². The normalized spacial score (nSPS) is 17.4. The summed E-state index contributed by atoms with van der Waals surface area (Å²) >= 11 is 0. The lowest BCUT2D eigenvalue weighted by atomic mass is 9.94. The average Bonchev–Trinajstić information content (AvgIpc) is 3.11. The predicted molar refractivity (Wildman–Crippen MR) is 112 cm³/mol. The van der Waals surface area contributed by atoms with Crippen LogP contribution in [0.5, 0.6) is 0 Å². The van der Waals surface area contributed by atoms with E-state index in [1.807, 2.05) is 24.3 Å². The molecule has 4 rings (SSSR count). The minimum atomic E-state index is 0.170. The molecule has 0 saturated carbocycles. The predicted octanol–water partition coefficient (Wildman–Crippen LogP) is 3.92. The number of nitrogens with one attached hydrogen (secondary N) is 1. The zero-order valence-electron chi connectivity index (χ0n) is 16.7. The van der Waals surface area contributed by atoms with Gasteiger partial charge in [0.25, 0.3) is 0 Å². The van der Waals surface area contributed by atoms with Gasteiger partial charge in [0.15, 0.2) is 0 Å². The zero-order chi connectivity index (χ0) is 19.5. The van der Waals surface area contributed by atoms with E-state index >= 15 is 0 Å². The Kier molecular flexibility index (Phi) is 5.44. The van der Waals surface area contributed by atoms with Crippen LogP contribution < -0.4 is 0 Å². The fourth-order valence-corrected chi connectivity index (χ4v) is 4.19. The maximum absolute atomic E-state index is 13.2. The van der Waals surface area contributed by atoms with Crippen molar-refractivity contribution in [3.63, 3.8) is 0 Å². The summed E-state index contributed by atoms with van der Waals surface area (Å²) in [6.07, 6.45) is 3.64. The van der Waals surface area contributed by atoms with Crippen LogP contribution in [0.1, 0.15) is 42.1 Å². The van der Waals surface area contributed by atoms with Crippen molar-refractivity contribution in [2.45, 2.75) is 38.3 Å². The molecule has 1 atom stereocenters. The monoisotopic (exact) mass is 376 g/mol. The Morgan fingerprint density at radius 3 is 2.71 bits per heavy atom. The number of carbonyl (C=O) groups is 1. The smallest absolute Gasteiger partial charge is 0.229 e. The number of benzene rings is 2. The fraction of sp³-hybridized carbons (Fsp3) is 0.391. The molecule has 1 N–H and O–H groups in total. The highest BCUT2D eigenvalue weighted by atomic mass is 16.2. The van der Waals surface area contributed by atoms with Gasteiger partial charge in [-0.2, -0.15) is 5.10 Å². The third kappa shape index (κ3) is 3.94. The molecule has 1 aromatic heterocycles. The van der Waals surface area contributed by atoms with Crippen LogP contribution in [0.15, 0.2) is 48.5 Å². The van der Waals surface area contributed by atoms with Crippen LogP contribution in [-0.4, -0.2) is 46.5 Å². The van der Waals surface area contributed by atoms with Crippen molar-refractivity contribution in [3.05, 3.63) is 65.4 Å². The Morgan fingerprint density at radius 1 is 1.14 bits per heavy atom. The van der Waals surface area contributed by atoms with Crippen molar-refractivity contribution < 1.29 is 4.79 Å². The quantitative estimate of drug-likeness (QED) is 0.734. The van der Waals surface area contributed by atoms with E-state index in [2.05, 4.69) is 58.4 Å². The van der Waals surface area contributed by atoms with Gasteiger partial charge in [0, 0.05) is 18.5 Å². The van der Waals surface area contributed by atoms with Gasteiger partial charge >= 0.3 is 0 Å². The van der Waals surface area contributed by atoms with Crippen molar-refractivity contribution in [1.29, 1.82) is 0 Å². The summed E-state index contributed by atoms with van der Waals surface area (Å²) in [5.74, 6) is 0.177. The van der Waals surface area contributed by atoms with E-state index in [0.717, 1.165) is 42.5 Å². The molecule has 28 heavy (non-hydrogen) atoms.